The van der Waals surface area contributed by atoms with Crippen LogP contribution in [0, 0.1) is 5.92 Å². The summed E-state index contributed by atoms with van der Waals surface area (Å²) in [5.74, 6) is 0.499. The summed E-state index contributed by atoms with van der Waals surface area (Å²) in [6, 6.07) is 9.78. The van der Waals surface area contributed by atoms with Gasteiger partial charge in [-0.2, -0.15) is 0 Å². The number of carbonyl (C=O) groups is 1. The third kappa shape index (κ3) is 4.21. The van der Waals surface area contributed by atoms with Gasteiger partial charge in [0.25, 0.3) is 0 Å². The molecule has 0 radical (unpaired) electrons. The van der Waals surface area contributed by atoms with E-state index in [1.165, 1.54) is 0 Å². The summed E-state index contributed by atoms with van der Waals surface area (Å²) in [6.07, 6.45) is 6.76. The third-order valence-corrected chi connectivity index (χ3v) is 4.92. The van der Waals surface area contributed by atoms with E-state index in [1.54, 1.807) is 0 Å². The number of aliphatic hydroxyl groups is 1. The second kappa shape index (κ2) is 7.75. The first-order valence-electron chi connectivity index (χ1n) is 8.63. The van der Waals surface area contributed by atoms with Gasteiger partial charge in [0, 0.05) is 38.6 Å². The van der Waals surface area contributed by atoms with Crippen molar-refractivity contribution in [1.29, 1.82) is 0 Å². The second-order valence-corrected chi connectivity index (χ2v) is 6.53. The Labute approximate surface area is 138 Å². The molecule has 1 aromatic rings. The third-order valence-electron chi connectivity index (χ3n) is 4.92. The molecule has 1 fully saturated rings. The summed E-state index contributed by atoms with van der Waals surface area (Å²) in [5, 5.41) is 10.3. The molecule has 0 spiro atoms. The van der Waals surface area contributed by atoms with Gasteiger partial charge in [-0.15, -0.1) is 0 Å². The first-order valence-corrected chi connectivity index (χ1v) is 8.63. The summed E-state index contributed by atoms with van der Waals surface area (Å²) in [4.78, 5) is 16.8. The van der Waals surface area contributed by atoms with Crippen LogP contribution in [0.25, 0.3) is 0 Å². The molecule has 23 heavy (non-hydrogen) atoms. The van der Waals surface area contributed by atoms with Crippen LogP contribution in [-0.4, -0.2) is 53.5 Å². The van der Waals surface area contributed by atoms with E-state index in [0.717, 1.165) is 51.0 Å². The number of hydrogen-bond donors (Lipinski definition) is 1. The highest BCUT2D eigenvalue weighted by Crippen LogP contribution is 2.22. The van der Waals surface area contributed by atoms with E-state index < -0.39 is 6.10 Å². The lowest BCUT2D eigenvalue weighted by molar-refractivity contribution is -0.137. The van der Waals surface area contributed by atoms with Crippen molar-refractivity contribution in [2.75, 3.05) is 32.7 Å². The van der Waals surface area contributed by atoms with Gasteiger partial charge in [0.2, 0.25) is 5.91 Å². The normalized spacial score (nSPS) is 23.7. The molecule has 2 aliphatic rings. The van der Waals surface area contributed by atoms with Gasteiger partial charge in [-0.1, -0.05) is 42.5 Å². The number of amides is 1. The van der Waals surface area contributed by atoms with Gasteiger partial charge in [0.1, 0.15) is 0 Å². The molecule has 0 unspecified atom stereocenters. The minimum atomic E-state index is -0.457. The van der Waals surface area contributed by atoms with Gasteiger partial charge in [-0.3, -0.25) is 9.69 Å². The predicted molar refractivity (Wildman–Crippen MR) is 90.9 cm³/mol. The Bertz CT molecular complexity index is 536. The van der Waals surface area contributed by atoms with Gasteiger partial charge in [-0.25, -0.2) is 0 Å². The van der Waals surface area contributed by atoms with Crippen molar-refractivity contribution >= 4 is 5.91 Å². The quantitative estimate of drug-likeness (QED) is 0.867. The number of aliphatic hydroxyl groups excluding tert-OH is 1. The van der Waals surface area contributed by atoms with Crippen LogP contribution in [0.4, 0.5) is 0 Å². The van der Waals surface area contributed by atoms with Crippen LogP contribution in [0.2, 0.25) is 0 Å². The fraction of sp³-hybridized carbons (Fsp3) is 0.526. The van der Waals surface area contributed by atoms with E-state index in [-0.39, 0.29) is 5.92 Å². The van der Waals surface area contributed by atoms with Crippen molar-refractivity contribution in [3.05, 3.63) is 48.0 Å². The Kier molecular flexibility index (Phi) is 5.47. The summed E-state index contributed by atoms with van der Waals surface area (Å²) >= 11 is 0. The second-order valence-electron chi connectivity index (χ2n) is 6.53. The lowest BCUT2D eigenvalue weighted by atomic mass is 9.93. The first kappa shape index (κ1) is 16.2. The summed E-state index contributed by atoms with van der Waals surface area (Å²) < 4.78 is 0. The van der Waals surface area contributed by atoms with Gasteiger partial charge in [0.15, 0.2) is 0 Å². The van der Waals surface area contributed by atoms with Crippen LogP contribution in [0.3, 0.4) is 0 Å². The van der Waals surface area contributed by atoms with Gasteiger partial charge < -0.3 is 10.0 Å². The average molecular weight is 314 g/mol. The number of piperazine rings is 1. The first-order chi connectivity index (χ1) is 11.2. The molecule has 2 atom stereocenters. The highest BCUT2D eigenvalue weighted by molar-refractivity contribution is 5.79. The summed E-state index contributed by atoms with van der Waals surface area (Å²) in [7, 11) is 0. The van der Waals surface area contributed by atoms with E-state index in [1.807, 2.05) is 35.2 Å². The fourth-order valence-corrected chi connectivity index (χ4v) is 3.45. The Morgan fingerprint density at radius 2 is 1.87 bits per heavy atom. The summed E-state index contributed by atoms with van der Waals surface area (Å²) in [5.41, 5.74) is 0.958. The largest absolute Gasteiger partial charge is 0.387 e. The predicted octanol–water partition coefficient (Wildman–Crippen LogP) is 2.22. The van der Waals surface area contributed by atoms with E-state index in [9.17, 15) is 9.90 Å². The van der Waals surface area contributed by atoms with E-state index >= 15 is 0 Å². The number of rotatable bonds is 4. The van der Waals surface area contributed by atoms with E-state index in [0.29, 0.717) is 12.5 Å². The molecule has 124 valence electrons. The van der Waals surface area contributed by atoms with Crippen molar-refractivity contribution < 1.29 is 9.90 Å². The number of nitrogens with zero attached hydrogens (tertiary/aromatic N) is 2. The number of hydrogen-bond acceptors (Lipinski definition) is 3. The zero-order valence-corrected chi connectivity index (χ0v) is 13.6. The Balaban J connectivity index is 1.46. The molecular weight excluding hydrogens is 288 g/mol. The smallest absolute Gasteiger partial charge is 0.226 e. The van der Waals surface area contributed by atoms with Crippen LogP contribution in [0.1, 0.15) is 30.9 Å². The molecule has 0 aromatic heterocycles. The molecule has 1 aliphatic carbocycles. The molecule has 1 N–H and O–H groups in total. The Morgan fingerprint density at radius 3 is 2.52 bits per heavy atom. The Hall–Kier alpha value is -1.65. The fourth-order valence-electron chi connectivity index (χ4n) is 3.45. The zero-order chi connectivity index (χ0) is 16.1. The molecule has 3 rings (SSSR count). The van der Waals surface area contributed by atoms with Crippen LogP contribution in [0.5, 0.6) is 0 Å². The van der Waals surface area contributed by atoms with Crippen LogP contribution >= 0.6 is 0 Å². The number of allylic oxidation sites excluding steroid dienone is 2. The highest BCUT2D eigenvalue weighted by Gasteiger charge is 2.27. The monoisotopic (exact) mass is 314 g/mol. The maximum atomic E-state index is 12.5. The molecule has 1 amide bonds. The minimum Gasteiger partial charge on any atom is -0.387 e. The lowest BCUT2D eigenvalue weighted by Crippen LogP contribution is -2.51. The molecule has 1 heterocycles. The molecule has 1 aromatic carbocycles. The number of benzene rings is 1. The molecular formula is C19H26N2O2. The molecule has 0 bridgehead atoms. The maximum absolute atomic E-state index is 12.5. The van der Waals surface area contributed by atoms with Crippen LogP contribution < -0.4 is 0 Å². The maximum Gasteiger partial charge on any atom is 0.226 e. The SMILES string of the molecule is O=C([C@H]1CC=CCC1)N1CCN(C[C@H](O)c2ccccc2)CC1. The van der Waals surface area contributed by atoms with E-state index in [2.05, 4.69) is 17.1 Å². The van der Waals surface area contributed by atoms with Crippen LogP contribution in [-0.2, 0) is 4.79 Å². The van der Waals surface area contributed by atoms with Gasteiger partial charge in [0.05, 0.1) is 6.10 Å². The van der Waals surface area contributed by atoms with Crippen molar-refractivity contribution in [2.45, 2.75) is 25.4 Å². The van der Waals surface area contributed by atoms with Gasteiger partial charge >= 0.3 is 0 Å². The topological polar surface area (TPSA) is 43.8 Å². The summed E-state index contributed by atoms with van der Waals surface area (Å²) in [6.45, 7) is 3.88. The number of carbonyl (C=O) groups excluding carboxylic acids is 1. The molecule has 0 saturated carbocycles. The minimum absolute atomic E-state index is 0.182. The molecule has 1 saturated heterocycles. The Morgan fingerprint density at radius 1 is 1.13 bits per heavy atom. The molecule has 1 aliphatic heterocycles. The van der Waals surface area contributed by atoms with Crippen molar-refractivity contribution in [3.63, 3.8) is 0 Å². The van der Waals surface area contributed by atoms with Gasteiger partial charge in [-0.05, 0) is 24.8 Å². The molecule has 4 heteroatoms. The highest BCUT2D eigenvalue weighted by atomic mass is 16.3. The van der Waals surface area contributed by atoms with Crippen molar-refractivity contribution in [2.24, 2.45) is 5.92 Å². The van der Waals surface area contributed by atoms with Crippen molar-refractivity contribution in [3.8, 4) is 0 Å². The zero-order valence-electron chi connectivity index (χ0n) is 13.6. The van der Waals surface area contributed by atoms with Crippen molar-refractivity contribution in [1.82, 2.24) is 9.80 Å². The number of β-amino-alcohol motifs (C(OH)–C–C–N with tert-alkyl or cyclic N) is 1. The van der Waals surface area contributed by atoms with E-state index in [4.69, 9.17) is 0 Å². The molecule has 4 nitrogen and oxygen atoms in total. The lowest BCUT2D eigenvalue weighted by Gasteiger charge is -2.37. The standard InChI is InChI=1S/C19H26N2O2/c22-18(16-7-3-1-4-8-16)15-20-11-13-21(14-12-20)19(23)17-9-5-2-6-10-17/h1-5,7-8,17-18,22H,6,9-15H2/t17-,18-/m0/s1. The van der Waals surface area contributed by atoms with Crippen LogP contribution in [0.15, 0.2) is 42.5 Å². The average Bonchev–Trinajstić information content (AvgIpc) is 2.63.